The predicted octanol–water partition coefficient (Wildman–Crippen LogP) is 2.05. The van der Waals surface area contributed by atoms with Crippen molar-refractivity contribution in [3.05, 3.63) is 28.8 Å². The summed E-state index contributed by atoms with van der Waals surface area (Å²) in [5, 5.41) is 12.4. The molecule has 6 heteroatoms. The Morgan fingerprint density at radius 2 is 2.26 bits per heavy atom. The lowest BCUT2D eigenvalue weighted by Gasteiger charge is -2.40. The molecule has 5 nitrogen and oxygen atoms in total. The molecule has 1 aliphatic heterocycles. The van der Waals surface area contributed by atoms with Gasteiger partial charge in [0.1, 0.15) is 0 Å². The molecule has 0 unspecified atom stereocenters. The van der Waals surface area contributed by atoms with Crippen molar-refractivity contribution in [2.75, 3.05) is 24.6 Å². The minimum absolute atomic E-state index is 0.0184. The van der Waals surface area contributed by atoms with Crippen LogP contribution in [-0.4, -0.2) is 36.3 Å². The Bertz CT molecular complexity index is 503. The molecule has 1 aliphatic rings. The van der Waals surface area contributed by atoms with E-state index in [2.05, 4.69) is 10.1 Å². The van der Waals surface area contributed by atoms with Crippen molar-refractivity contribution in [2.45, 2.75) is 19.4 Å². The lowest BCUT2D eigenvalue weighted by Crippen LogP contribution is -2.48. The minimum Gasteiger partial charge on any atom is -0.409 e. The normalized spacial score (nSPS) is 19.5. The number of rotatable bonds is 2. The maximum Gasteiger partial charge on any atom is 0.173 e. The molecule has 0 aromatic heterocycles. The lowest BCUT2D eigenvalue weighted by atomic mass is 10.0. The van der Waals surface area contributed by atoms with Gasteiger partial charge < -0.3 is 20.6 Å². The third-order valence-corrected chi connectivity index (χ3v) is 3.44. The summed E-state index contributed by atoms with van der Waals surface area (Å²) in [4.78, 5) is 2.14. The zero-order valence-corrected chi connectivity index (χ0v) is 11.8. The second-order valence-corrected chi connectivity index (χ2v) is 5.56. The van der Waals surface area contributed by atoms with Crippen molar-refractivity contribution < 1.29 is 9.94 Å². The highest BCUT2D eigenvalue weighted by Gasteiger charge is 2.29. The molecule has 1 fully saturated rings. The summed E-state index contributed by atoms with van der Waals surface area (Å²) in [6.45, 7) is 6.17. The number of ether oxygens (including phenoxy) is 1. The van der Waals surface area contributed by atoms with Gasteiger partial charge in [0.2, 0.25) is 0 Å². The van der Waals surface area contributed by atoms with Crippen LogP contribution in [0.1, 0.15) is 19.4 Å². The molecular weight excluding hydrogens is 266 g/mol. The number of nitrogens with zero attached hydrogens (tertiary/aromatic N) is 2. The molecule has 1 heterocycles. The first-order valence-electron chi connectivity index (χ1n) is 6.10. The van der Waals surface area contributed by atoms with Crippen molar-refractivity contribution in [2.24, 2.45) is 10.9 Å². The zero-order chi connectivity index (χ0) is 14.0. The summed E-state index contributed by atoms with van der Waals surface area (Å²) in [5.41, 5.74) is 6.91. The number of hydrogen-bond donors (Lipinski definition) is 2. The maximum absolute atomic E-state index is 8.90. The Hall–Kier alpha value is -1.46. The first-order valence-corrected chi connectivity index (χ1v) is 6.48. The predicted molar refractivity (Wildman–Crippen MR) is 76.2 cm³/mol. The van der Waals surface area contributed by atoms with Gasteiger partial charge in [-0.25, -0.2) is 0 Å². The number of anilines is 1. The minimum atomic E-state index is -0.233. The maximum atomic E-state index is 8.90. The van der Waals surface area contributed by atoms with Gasteiger partial charge in [-0.2, -0.15) is 0 Å². The van der Waals surface area contributed by atoms with E-state index in [-0.39, 0.29) is 11.4 Å². The fourth-order valence-electron chi connectivity index (χ4n) is 2.30. The third-order valence-electron chi connectivity index (χ3n) is 3.12. The highest BCUT2D eigenvalue weighted by atomic mass is 35.5. The fraction of sp³-hybridized carbons (Fsp3) is 0.462. The van der Waals surface area contributed by atoms with Crippen LogP contribution in [0, 0.1) is 0 Å². The summed E-state index contributed by atoms with van der Waals surface area (Å²) in [5.74, 6) is 0.0184. The van der Waals surface area contributed by atoms with E-state index in [9.17, 15) is 0 Å². The van der Waals surface area contributed by atoms with Gasteiger partial charge in [0.25, 0.3) is 0 Å². The number of morpholine rings is 1. The van der Waals surface area contributed by atoms with Crippen LogP contribution in [-0.2, 0) is 4.74 Å². The molecule has 0 aliphatic carbocycles. The van der Waals surface area contributed by atoms with Gasteiger partial charge in [-0.1, -0.05) is 22.8 Å². The molecule has 1 aromatic rings. The molecule has 104 valence electrons. The monoisotopic (exact) mass is 283 g/mol. The van der Waals surface area contributed by atoms with E-state index in [1.165, 1.54) is 0 Å². The van der Waals surface area contributed by atoms with Crippen molar-refractivity contribution in [3.8, 4) is 0 Å². The van der Waals surface area contributed by atoms with E-state index in [0.29, 0.717) is 17.2 Å². The largest absolute Gasteiger partial charge is 0.409 e. The second-order valence-electron chi connectivity index (χ2n) is 5.15. The van der Waals surface area contributed by atoms with Crippen LogP contribution in [0.25, 0.3) is 0 Å². The van der Waals surface area contributed by atoms with Gasteiger partial charge in [-0.15, -0.1) is 0 Å². The molecule has 19 heavy (non-hydrogen) atoms. The van der Waals surface area contributed by atoms with E-state index in [0.717, 1.165) is 18.8 Å². The van der Waals surface area contributed by atoms with Gasteiger partial charge in [-0.3, -0.25) is 0 Å². The number of nitrogens with two attached hydrogens (primary N) is 1. The number of benzene rings is 1. The van der Waals surface area contributed by atoms with Crippen LogP contribution in [0.4, 0.5) is 5.69 Å². The van der Waals surface area contributed by atoms with E-state index in [1.807, 2.05) is 26.0 Å². The van der Waals surface area contributed by atoms with Crippen molar-refractivity contribution in [3.63, 3.8) is 0 Å². The molecule has 0 spiro atoms. The van der Waals surface area contributed by atoms with Gasteiger partial charge in [0, 0.05) is 18.8 Å². The van der Waals surface area contributed by atoms with Gasteiger partial charge in [0.15, 0.2) is 5.84 Å². The SMILES string of the molecule is CC1(C)CN(c2cccc(Cl)c2C(N)=NO)CCO1. The summed E-state index contributed by atoms with van der Waals surface area (Å²) < 4.78 is 5.69. The van der Waals surface area contributed by atoms with E-state index in [1.54, 1.807) is 6.07 Å². The standard InChI is InChI=1S/C13H18ClN3O2/c1-13(2)8-17(6-7-19-13)10-5-3-4-9(14)11(10)12(15)16-18/h3-5,18H,6-8H2,1-2H3,(H2,15,16). The summed E-state index contributed by atoms with van der Waals surface area (Å²) in [6.07, 6.45) is 0. The van der Waals surface area contributed by atoms with E-state index < -0.39 is 0 Å². The van der Waals surface area contributed by atoms with Crippen molar-refractivity contribution >= 4 is 23.1 Å². The Morgan fingerprint density at radius 1 is 1.53 bits per heavy atom. The summed E-state index contributed by atoms with van der Waals surface area (Å²) >= 11 is 6.16. The van der Waals surface area contributed by atoms with Crippen LogP contribution in [0.3, 0.4) is 0 Å². The first-order chi connectivity index (χ1) is 8.94. The van der Waals surface area contributed by atoms with Crippen molar-refractivity contribution in [1.29, 1.82) is 0 Å². The van der Waals surface area contributed by atoms with Gasteiger partial charge in [-0.05, 0) is 26.0 Å². The van der Waals surface area contributed by atoms with E-state index in [4.69, 9.17) is 27.3 Å². The molecule has 0 radical (unpaired) electrons. The molecular formula is C13H18ClN3O2. The average molecular weight is 284 g/mol. The molecule has 1 aromatic carbocycles. The number of oxime groups is 1. The molecule has 0 amide bonds. The Morgan fingerprint density at radius 3 is 2.89 bits per heavy atom. The van der Waals surface area contributed by atoms with Crippen LogP contribution in [0.2, 0.25) is 5.02 Å². The third kappa shape index (κ3) is 2.93. The number of hydrogen-bond acceptors (Lipinski definition) is 4. The van der Waals surface area contributed by atoms with Crippen LogP contribution < -0.4 is 10.6 Å². The fourth-order valence-corrected chi connectivity index (χ4v) is 2.57. The second kappa shape index (κ2) is 5.27. The zero-order valence-electron chi connectivity index (χ0n) is 11.1. The molecule has 0 saturated carbocycles. The van der Waals surface area contributed by atoms with E-state index >= 15 is 0 Å². The molecule has 2 rings (SSSR count). The summed E-state index contributed by atoms with van der Waals surface area (Å²) in [6, 6.07) is 5.50. The van der Waals surface area contributed by atoms with Crippen LogP contribution in [0.5, 0.6) is 0 Å². The average Bonchev–Trinajstić information content (AvgIpc) is 2.36. The molecule has 0 bridgehead atoms. The topological polar surface area (TPSA) is 71.1 Å². The van der Waals surface area contributed by atoms with Gasteiger partial charge in [0.05, 0.1) is 22.8 Å². The lowest BCUT2D eigenvalue weighted by molar-refractivity contribution is -0.0277. The quantitative estimate of drug-likeness (QED) is 0.377. The first kappa shape index (κ1) is 14.0. The Kier molecular flexibility index (Phi) is 3.87. The summed E-state index contributed by atoms with van der Waals surface area (Å²) in [7, 11) is 0. The van der Waals surface area contributed by atoms with Crippen LogP contribution in [0.15, 0.2) is 23.4 Å². The Labute approximate surface area is 117 Å². The molecule has 3 N–H and O–H groups in total. The smallest absolute Gasteiger partial charge is 0.173 e. The van der Waals surface area contributed by atoms with Crippen LogP contribution >= 0.6 is 11.6 Å². The Balaban J connectivity index is 2.42. The number of halogens is 1. The highest BCUT2D eigenvalue weighted by Crippen LogP contribution is 2.30. The van der Waals surface area contributed by atoms with Gasteiger partial charge >= 0.3 is 0 Å². The molecule has 0 atom stereocenters. The van der Waals surface area contributed by atoms with Crippen molar-refractivity contribution in [1.82, 2.24) is 0 Å². The number of amidine groups is 1. The molecule has 1 saturated heterocycles. The highest BCUT2D eigenvalue weighted by molar-refractivity contribution is 6.34.